The lowest BCUT2D eigenvalue weighted by Crippen LogP contribution is -2.25. The summed E-state index contributed by atoms with van der Waals surface area (Å²) in [6.07, 6.45) is 2.25. The fourth-order valence-electron chi connectivity index (χ4n) is 1.49. The zero-order chi connectivity index (χ0) is 12.7. The Morgan fingerprint density at radius 2 is 1.94 bits per heavy atom. The van der Waals surface area contributed by atoms with Crippen LogP contribution < -0.4 is 9.64 Å². The molecule has 0 bridgehead atoms. The minimum Gasteiger partial charge on any atom is -0.497 e. The highest BCUT2D eigenvalue weighted by molar-refractivity contribution is 6.17. The molecule has 0 heterocycles. The minimum absolute atomic E-state index is 0.111. The first-order chi connectivity index (χ1) is 8.19. The van der Waals surface area contributed by atoms with Crippen LogP contribution in [0.2, 0.25) is 0 Å². The number of nitrogens with zero attached hydrogens (tertiary/aromatic N) is 1. The molecule has 1 amide bonds. The van der Waals surface area contributed by atoms with Crippen molar-refractivity contribution in [3.63, 3.8) is 0 Å². The highest BCUT2D eigenvalue weighted by Gasteiger charge is 2.10. The van der Waals surface area contributed by atoms with E-state index < -0.39 is 0 Å². The van der Waals surface area contributed by atoms with E-state index in [1.54, 1.807) is 19.1 Å². The molecule has 0 spiro atoms. The summed E-state index contributed by atoms with van der Waals surface area (Å²) in [4.78, 5) is 13.5. The van der Waals surface area contributed by atoms with Crippen molar-refractivity contribution in [3.8, 4) is 5.75 Å². The van der Waals surface area contributed by atoms with Gasteiger partial charge in [0, 0.05) is 25.0 Å². The highest BCUT2D eigenvalue weighted by Crippen LogP contribution is 2.19. The van der Waals surface area contributed by atoms with Crippen molar-refractivity contribution in [1.82, 2.24) is 0 Å². The molecule has 0 fully saturated rings. The van der Waals surface area contributed by atoms with Crippen molar-refractivity contribution >= 4 is 23.2 Å². The lowest BCUT2D eigenvalue weighted by Gasteiger charge is -2.17. The zero-order valence-corrected chi connectivity index (χ0v) is 11.0. The molecule has 0 atom stereocenters. The molecular formula is C13H18ClNO2. The number of amides is 1. The second-order valence-electron chi connectivity index (χ2n) is 3.80. The molecule has 1 rings (SSSR count). The van der Waals surface area contributed by atoms with Crippen molar-refractivity contribution in [2.75, 3.05) is 24.9 Å². The number of halogens is 1. The predicted molar refractivity (Wildman–Crippen MR) is 71.0 cm³/mol. The Morgan fingerprint density at radius 1 is 1.29 bits per heavy atom. The molecule has 0 aromatic heterocycles. The third-order valence-corrected chi connectivity index (χ3v) is 2.88. The number of anilines is 1. The van der Waals surface area contributed by atoms with Gasteiger partial charge in [-0.15, -0.1) is 11.6 Å². The van der Waals surface area contributed by atoms with E-state index in [0.717, 1.165) is 24.3 Å². The standard InChI is InChI=1S/C13H18ClNO2/c1-15(13(16)5-3-4-10-14)11-6-8-12(17-2)9-7-11/h6-9H,3-5,10H2,1-2H3. The lowest BCUT2D eigenvalue weighted by atomic mass is 10.2. The van der Waals surface area contributed by atoms with Gasteiger partial charge in [0.1, 0.15) is 5.75 Å². The largest absolute Gasteiger partial charge is 0.497 e. The van der Waals surface area contributed by atoms with Crippen LogP contribution >= 0.6 is 11.6 Å². The van der Waals surface area contributed by atoms with Gasteiger partial charge in [0.25, 0.3) is 0 Å². The monoisotopic (exact) mass is 255 g/mol. The summed E-state index contributed by atoms with van der Waals surface area (Å²) in [5, 5.41) is 0. The summed E-state index contributed by atoms with van der Waals surface area (Å²) in [6, 6.07) is 7.44. The fraction of sp³-hybridized carbons (Fsp3) is 0.462. The van der Waals surface area contributed by atoms with Crippen molar-refractivity contribution in [2.45, 2.75) is 19.3 Å². The molecule has 94 valence electrons. The van der Waals surface area contributed by atoms with E-state index in [-0.39, 0.29) is 5.91 Å². The molecule has 0 unspecified atom stereocenters. The van der Waals surface area contributed by atoms with Crippen molar-refractivity contribution < 1.29 is 9.53 Å². The normalized spacial score (nSPS) is 10.1. The van der Waals surface area contributed by atoms with E-state index in [1.807, 2.05) is 24.3 Å². The van der Waals surface area contributed by atoms with Gasteiger partial charge < -0.3 is 9.64 Å². The number of hydrogen-bond donors (Lipinski definition) is 0. The molecule has 4 heteroatoms. The molecule has 0 saturated carbocycles. The SMILES string of the molecule is COc1ccc(N(C)C(=O)CCCCCl)cc1. The maximum Gasteiger partial charge on any atom is 0.226 e. The van der Waals surface area contributed by atoms with Crippen LogP contribution in [0.5, 0.6) is 5.75 Å². The van der Waals surface area contributed by atoms with E-state index in [2.05, 4.69) is 0 Å². The third kappa shape index (κ3) is 4.27. The van der Waals surface area contributed by atoms with Gasteiger partial charge in [0.05, 0.1) is 7.11 Å². The van der Waals surface area contributed by atoms with Crippen LogP contribution in [-0.2, 0) is 4.79 Å². The number of hydrogen-bond acceptors (Lipinski definition) is 2. The Morgan fingerprint density at radius 3 is 2.47 bits per heavy atom. The molecule has 17 heavy (non-hydrogen) atoms. The second-order valence-corrected chi connectivity index (χ2v) is 4.17. The summed E-state index contributed by atoms with van der Waals surface area (Å²) >= 11 is 5.58. The number of rotatable bonds is 6. The number of carbonyl (C=O) groups is 1. The number of carbonyl (C=O) groups excluding carboxylic acids is 1. The van der Waals surface area contributed by atoms with Gasteiger partial charge in [-0.05, 0) is 37.1 Å². The number of benzene rings is 1. The quantitative estimate of drug-likeness (QED) is 0.578. The van der Waals surface area contributed by atoms with E-state index >= 15 is 0 Å². The first-order valence-electron chi connectivity index (χ1n) is 5.65. The molecule has 1 aromatic carbocycles. The molecule has 0 saturated heterocycles. The third-order valence-electron chi connectivity index (χ3n) is 2.61. The second kappa shape index (κ2) is 7.17. The van der Waals surface area contributed by atoms with E-state index in [0.29, 0.717) is 12.3 Å². The Balaban J connectivity index is 2.55. The van der Waals surface area contributed by atoms with Gasteiger partial charge in [0.15, 0.2) is 0 Å². The van der Waals surface area contributed by atoms with Crippen molar-refractivity contribution in [3.05, 3.63) is 24.3 Å². The van der Waals surface area contributed by atoms with E-state index in [4.69, 9.17) is 16.3 Å². The molecule has 3 nitrogen and oxygen atoms in total. The van der Waals surface area contributed by atoms with Crippen LogP contribution in [0.1, 0.15) is 19.3 Å². The van der Waals surface area contributed by atoms with E-state index in [9.17, 15) is 4.79 Å². The Hall–Kier alpha value is -1.22. The van der Waals surface area contributed by atoms with Crippen molar-refractivity contribution in [1.29, 1.82) is 0 Å². The predicted octanol–water partition coefficient (Wildman–Crippen LogP) is 3.07. The zero-order valence-electron chi connectivity index (χ0n) is 10.3. The maximum atomic E-state index is 11.8. The van der Waals surface area contributed by atoms with Crippen LogP contribution in [0, 0.1) is 0 Å². The number of alkyl halides is 1. The summed E-state index contributed by atoms with van der Waals surface area (Å²) in [5.41, 5.74) is 0.877. The van der Waals surface area contributed by atoms with Gasteiger partial charge >= 0.3 is 0 Å². The molecule has 1 aromatic rings. The van der Waals surface area contributed by atoms with Crippen molar-refractivity contribution in [2.24, 2.45) is 0 Å². The van der Waals surface area contributed by atoms with Crippen LogP contribution in [0.4, 0.5) is 5.69 Å². The smallest absolute Gasteiger partial charge is 0.226 e. The van der Waals surface area contributed by atoms with Gasteiger partial charge in [-0.3, -0.25) is 4.79 Å². The first kappa shape index (κ1) is 13.8. The number of methoxy groups -OCH3 is 1. The fourth-order valence-corrected chi connectivity index (χ4v) is 1.68. The van der Waals surface area contributed by atoms with Crippen LogP contribution in [0.3, 0.4) is 0 Å². The molecule has 0 N–H and O–H groups in total. The first-order valence-corrected chi connectivity index (χ1v) is 6.19. The van der Waals surface area contributed by atoms with Crippen LogP contribution in [0.15, 0.2) is 24.3 Å². The number of unbranched alkanes of at least 4 members (excludes halogenated alkanes) is 1. The molecule has 0 aliphatic rings. The average molecular weight is 256 g/mol. The Labute approximate surface area is 107 Å². The van der Waals surface area contributed by atoms with Crippen LogP contribution in [0.25, 0.3) is 0 Å². The topological polar surface area (TPSA) is 29.5 Å². The minimum atomic E-state index is 0.111. The summed E-state index contributed by atoms with van der Waals surface area (Å²) in [6.45, 7) is 0. The lowest BCUT2D eigenvalue weighted by molar-refractivity contribution is -0.118. The summed E-state index contributed by atoms with van der Waals surface area (Å²) in [7, 11) is 3.40. The number of ether oxygens (including phenoxy) is 1. The van der Waals surface area contributed by atoms with Crippen LogP contribution in [-0.4, -0.2) is 25.9 Å². The van der Waals surface area contributed by atoms with Gasteiger partial charge in [-0.25, -0.2) is 0 Å². The highest BCUT2D eigenvalue weighted by atomic mass is 35.5. The molecule has 0 aliphatic heterocycles. The average Bonchev–Trinajstić information content (AvgIpc) is 2.38. The van der Waals surface area contributed by atoms with Gasteiger partial charge in [-0.2, -0.15) is 0 Å². The molecule has 0 aliphatic carbocycles. The Kier molecular flexibility index (Phi) is 5.84. The summed E-state index contributed by atoms with van der Waals surface area (Å²) in [5.74, 6) is 1.51. The van der Waals surface area contributed by atoms with Gasteiger partial charge in [0.2, 0.25) is 5.91 Å². The van der Waals surface area contributed by atoms with Gasteiger partial charge in [-0.1, -0.05) is 0 Å². The Bertz CT molecular complexity index is 351. The van der Waals surface area contributed by atoms with E-state index in [1.165, 1.54) is 0 Å². The summed E-state index contributed by atoms with van der Waals surface area (Å²) < 4.78 is 5.07. The maximum absolute atomic E-state index is 11.8. The molecular weight excluding hydrogens is 238 g/mol. The molecule has 0 radical (unpaired) electrons.